The average Bonchev–Trinajstić information content (AvgIpc) is 3.23. The van der Waals surface area contributed by atoms with E-state index in [1.807, 2.05) is 66.9 Å². The lowest BCUT2D eigenvalue weighted by molar-refractivity contribution is -0.121. The Bertz CT molecular complexity index is 1010. The van der Waals surface area contributed by atoms with Crippen LogP contribution in [0, 0.1) is 0 Å². The van der Waals surface area contributed by atoms with Crippen molar-refractivity contribution in [3.05, 3.63) is 95.2 Å². The third kappa shape index (κ3) is 4.04. The lowest BCUT2D eigenvalue weighted by Gasteiger charge is -2.06. The van der Waals surface area contributed by atoms with E-state index in [1.54, 1.807) is 11.9 Å². The second-order valence-corrected chi connectivity index (χ2v) is 7.32. The molecule has 1 aliphatic rings. The van der Waals surface area contributed by atoms with Gasteiger partial charge in [-0.2, -0.15) is 0 Å². The van der Waals surface area contributed by atoms with Crippen LogP contribution < -0.4 is 0 Å². The van der Waals surface area contributed by atoms with Crippen LogP contribution in [0.2, 0.25) is 0 Å². The van der Waals surface area contributed by atoms with Crippen molar-refractivity contribution in [2.45, 2.75) is 6.54 Å². The quantitative estimate of drug-likeness (QED) is 0.618. The van der Waals surface area contributed by atoms with Gasteiger partial charge in [-0.05, 0) is 47.2 Å². The summed E-state index contributed by atoms with van der Waals surface area (Å²) in [6.45, 7) is 0.811. The number of carbonyl (C=O) groups excluding carboxylic acids is 1. The third-order valence-corrected chi connectivity index (χ3v) is 5.32. The Morgan fingerprint density at radius 1 is 1.00 bits per heavy atom. The molecule has 1 saturated heterocycles. The van der Waals surface area contributed by atoms with Crippen molar-refractivity contribution in [3.8, 4) is 0 Å². The van der Waals surface area contributed by atoms with Crippen LogP contribution in [-0.2, 0) is 11.3 Å². The minimum Gasteiger partial charge on any atom is -0.349 e. The van der Waals surface area contributed by atoms with Gasteiger partial charge in [0.1, 0.15) is 0 Å². The highest BCUT2D eigenvalue weighted by molar-refractivity contribution is 8.18. The zero-order chi connectivity index (χ0) is 18.6. The van der Waals surface area contributed by atoms with Gasteiger partial charge >= 0.3 is 0 Å². The predicted molar refractivity (Wildman–Crippen MR) is 112 cm³/mol. The number of rotatable bonds is 4. The molecule has 0 bridgehead atoms. The highest BCUT2D eigenvalue weighted by atomic mass is 32.2. The summed E-state index contributed by atoms with van der Waals surface area (Å²) in [6, 6.07) is 22.0. The number of para-hydroxylation sites is 1. The smallest absolute Gasteiger partial charge is 0.266 e. The molecule has 4 nitrogen and oxygen atoms in total. The molecule has 0 N–H and O–H groups in total. The maximum Gasteiger partial charge on any atom is 0.266 e. The van der Waals surface area contributed by atoms with Crippen molar-refractivity contribution in [1.29, 1.82) is 0 Å². The molecule has 0 unspecified atom stereocenters. The van der Waals surface area contributed by atoms with E-state index in [-0.39, 0.29) is 5.91 Å². The van der Waals surface area contributed by atoms with E-state index in [4.69, 9.17) is 0 Å². The number of hydrogen-bond acceptors (Lipinski definition) is 3. The molecular weight excluding hydrogens is 354 g/mol. The highest BCUT2D eigenvalue weighted by Crippen LogP contribution is 2.33. The van der Waals surface area contributed by atoms with Gasteiger partial charge in [-0.15, -0.1) is 0 Å². The number of amidine groups is 1. The lowest BCUT2D eigenvalue weighted by Crippen LogP contribution is -2.23. The first-order valence-electron chi connectivity index (χ1n) is 8.70. The molecule has 0 spiro atoms. The van der Waals surface area contributed by atoms with Crippen molar-refractivity contribution in [2.75, 3.05) is 7.05 Å². The number of aromatic nitrogens is 1. The number of hydrogen-bond donors (Lipinski definition) is 0. The topological polar surface area (TPSA) is 37.6 Å². The first-order valence-corrected chi connectivity index (χ1v) is 9.52. The highest BCUT2D eigenvalue weighted by Gasteiger charge is 2.30. The summed E-state index contributed by atoms with van der Waals surface area (Å²) in [4.78, 5) is 19.4. The predicted octanol–water partition coefficient (Wildman–Crippen LogP) is 4.77. The zero-order valence-corrected chi connectivity index (χ0v) is 15.8. The molecule has 27 heavy (non-hydrogen) atoms. The summed E-state index contributed by atoms with van der Waals surface area (Å²) >= 11 is 1.41. The molecule has 0 radical (unpaired) electrons. The number of thioether (sulfide) groups is 1. The molecule has 0 atom stereocenters. The normalized spacial score (nSPS) is 17.2. The maximum absolute atomic E-state index is 12.6. The van der Waals surface area contributed by atoms with E-state index < -0.39 is 0 Å². The second kappa shape index (κ2) is 7.68. The fourth-order valence-corrected chi connectivity index (χ4v) is 3.84. The molecule has 1 fully saturated rings. The van der Waals surface area contributed by atoms with Crippen LogP contribution in [0.3, 0.4) is 0 Å². The van der Waals surface area contributed by atoms with Crippen molar-refractivity contribution in [1.82, 2.24) is 9.47 Å². The van der Waals surface area contributed by atoms with Gasteiger partial charge in [-0.1, -0.05) is 48.5 Å². The second-order valence-electron chi connectivity index (χ2n) is 6.31. The molecule has 0 aliphatic carbocycles. The number of nitrogens with zero attached hydrogens (tertiary/aromatic N) is 3. The van der Waals surface area contributed by atoms with E-state index in [2.05, 4.69) is 27.9 Å². The molecule has 1 amide bonds. The molecular formula is C22H19N3OS. The molecule has 4 rings (SSSR count). The van der Waals surface area contributed by atoms with Gasteiger partial charge in [0, 0.05) is 26.0 Å². The van der Waals surface area contributed by atoms with Gasteiger partial charge in [0.05, 0.1) is 10.6 Å². The van der Waals surface area contributed by atoms with Crippen molar-refractivity contribution in [2.24, 2.45) is 4.99 Å². The Balaban J connectivity index is 1.52. The molecule has 2 heterocycles. The Morgan fingerprint density at radius 3 is 2.44 bits per heavy atom. The molecule has 1 aliphatic heterocycles. The van der Waals surface area contributed by atoms with Gasteiger partial charge in [0.25, 0.3) is 5.91 Å². The Hall–Kier alpha value is -3.05. The molecule has 134 valence electrons. The van der Waals surface area contributed by atoms with Crippen LogP contribution in [0.1, 0.15) is 11.1 Å². The molecule has 3 aromatic rings. The van der Waals surface area contributed by atoms with Crippen molar-refractivity contribution in [3.63, 3.8) is 0 Å². The zero-order valence-electron chi connectivity index (χ0n) is 14.9. The summed E-state index contributed by atoms with van der Waals surface area (Å²) in [5.41, 5.74) is 3.10. The van der Waals surface area contributed by atoms with E-state index >= 15 is 0 Å². The largest absolute Gasteiger partial charge is 0.349 e. The lowest BCUT2D eigenvalue weighted by atomic mass is 10.2. The summed E-state index contributed by atoms with van der Waals surface area (Å²) in [6.07, 6.45) is 6.02. The van der Waals surface area contributed by atoms with Gasteiger partial charge in [0.2, 0.25) is 0 Å². The van der Waals surface area contributed by atoms with Gasteiger partial charge in [-0.25, -0.2) is 4.99 Å². The van der Waals surface area contributed by atoms with Crippen LogP contribution in [0.4, 0.5) is 5.69 Å². The Morgan fingerprint density at radius 2 is 1.70 bits per heavy atom. The Kier molecular flexibility index (Phi) is 4.94. The third-order valence-electron chi connectivity index (χ3n) is 4.26. The fraction of sp³-hybridized carbons (Fsp3) is 0.0909. The first kappa shape index (κ1) is 17.4. The van der Waals surface area contributed by atoms with Gasteiger partial charge in [0.15, 0.2) is 5.17 Å². The van der Waals surface area contributed by atoms with E-state index in [0.717, 1.165) is 17.8 Å². The standard InChI is InChI=1S/C22H19N3OS/c1-24-21(26)20(27-22(24)23-19-10-6-3-7-11-19)14-18-12-13-25(16-18)15-17-8-4-2-5-9-17/h2-14,16H,15H2,1H3/b20-14-,23-22?. The van der Waals surface area contributed by atoms with Gasteiger partial charge in [-0.3, -0.25) is 9.69 Å². The SMILES string of the molecule is CN1C(=O)/C(=C/c2ccn(Cc3ccccc3)c2)SC1=Nc1ccccc1. The van der Waals surface area contributed by atoms with Crippen LogP contribution in [0.15, 0.2) is 89.0 Å². The average molecular weight is 373 g/mol. The minimum atomic E-state index is -0.0227. The van der Waals surface area contributed by atoms with E-state index in [9.17, 15) is 4.79 Å². The number of amides is 1. The fourth-order valence-electron chi connectivity index (χ4n) is 2.85. The molecule has 0 saturated carbocycles. The molecule has 5 heteroatoms. The van der Waals surface area contributed by atoms with Crippen LogP contribution in [0.25, 0.3) is 6.08 Å². The van der Waals surface area contributed by atoms with Crippen molar-refractivity contribution < 1.29 is 4.79 Å². The summed E-state index contributed by atoms with van der Waals surface area (Å²) in [5, 5.41) is 0.696. The summed E-state index contributed by atoms with van der Waals surface area (Å²) < 4.78 is 2.12. The monoisotopic (exact) mass is 373 g/mol. The number of likely N-dealkylation sites (N-methyl/N-ethyl adjacent to an activating group) is 1. The van der Waals surface area contributed by atoms with Crippen LogP contribution in [0.5, 0.6) is 0 Å². The van der Waals surface area contributed by atoms with Crippen LogP contribution >= 0.6 is 11.8 Å². The van der Waals surface area contributed by atoms with Crippen LogP contribution in [-0.4, -0.2) is 27.6 Å². The molecule has 1 aromatic heterocycles. The van der Waals surface area contributed by atoms with E-state index in [0.29, 0.717) is 10.1 Å². The number of benzene rings is 2. The van der Waals surface area contributed by atoms with Gasteiger partial charge < -0.3 is 4.57 Å². The first-order chi connectivity index (χ1) is 13.2. The van der Waals surface area contributed by atoms with E-state index in [1.165, 1.54) is 17.3 Å². The summed E-state index contributed by atoms with van der Waals surface area (Å²) in [7, 11) is 1.76. The Labute approximate surface area is 162 Å². The maximum atomic E-state index is 12.6. The number of aliphatic imine (C=N–C) groups is 1. The number of carbonyl (C=O) groups is 1. The van der Waals surface area contributed by atoms with Crippen molar-refractivity contribution >= 4 is 34.6 Å². The summed E-state index contributed by atoms with van der Waals surface area (Å²) in [5.74, 6) is -0.0227. The molecule has 2 aromatic carbocycles. The minimum absolute atomic E-state index is 0.0227.